The van der Waals surface area contributed by atoms with Crippen LogP contribution in [0.1, 0.15) is 5.76 Å². The number of hydrogen-bond donors (Lipinski definition) is 2. The summed E-state index contributed by atoms with van der Waals surface area (Å²) < 4.78 is 43.4. The van der Waals surface area contributed by atoms with Crippen molar-refractivity contribution in [3.05, 3.63) is 54.3 Å². The van der Waals surface area contributed by atoms with Gasteiger partial charge in [0.05, 0.1) is 12.0 Å². The van der Waals surface area contributed by atoms with Gasteiger partial charge in [0, 0.05) is 11.8 Å². The Bertz CT molecular complexity index is 1230. The highest BCUT2D eigenvalue weighted by Crippen LogP contribution is 2.26. The van der Waals surface area contributed by atoms with Crippen molar-refractivity contribution in [2.75, 3.05) is 17.1 Å². The molecule has 0 aliphatic heterocycles. The fourth-order valence-corrected chi connectivity index (χ4v) is 3.61. The maximum absolute atomic E-state index is 12.7. The van der Waals surface area contributed by atoms with E-state index >= 15 is 0 Å². The SMILES string of the molecule is COc1ccc(NS(=O)(=O)c2ccc3oc(Nc4cc(C)on4)nc3c2)cc1. The van der Waals surface area contributed by atoms with Crippen molar-refractivity contribution in [2.45, 2.75) is 11.8 Å². The van der Waals surface area contributed by atoms with Crippen molar-refractivity contribution in [3.63, 3.8) is 0 Å². The van der Waals surface area contributed by atoms with E-state index in [2.05, 4.69) is 20.2 Å². The molecule has 0 aliphatic rings. The molecule has 0 saturated heterocycles. The van der Waals surface area contributed by atoms with Crippen LogP contribution in [0.25, 0.3) is 11.1 Å². The molecule has 0 unspecified atom stereocenters. The molecule has 0 bridgehead atoms. The van der Waals surface area contributed by atoms with Crippen LogP contribution in [0.5, 0.6) is 5.75 Å². The average molecular weight is 400 g/mol. The van der Waals surface area contributed by atoms with Gasteiger partial charge in [-0.1, -0.05) is 5.16 Å². The van der Waals surface area contributed by atoms with E-state index in [4.69, 9.17) is 13.7 Å². The zero-order valence-electron chi connectivity index (χ0n) is 15.0. The van der Waals surface area contributed by atoms with Crippen LogP contribution in [0.15, 0.2) is 62.4 Å². The lowest BCUT2D eigenvalue weighted by atomic mass is 10.3. The Labute approximate surface area is 160 Å². The van der Waals surface area contributed by atoms with Crippen LogP contribution in [0.3, 0.4) is 0 Å². The predicted octanol–water partition coefficient (Wildman–Crippen LogP) is 3.68. The minimum Gasteiger partial charge on any atom is -0.497 e. The van der Waals surface area contributed by atoms with Gasteiger partial charge >= 0.3 is 6.01 Å². The fourth-order valence-electron chi connectivity index (χ4n) is 2.54. The van der Waals surface area contributed by atoms with E-state index in [1.54, 1.807) is 50.4 Å². The van der Waals surface area contributed by atoms with Crippen molar-refractivity contribution < 1.29 is 22.1 Å². The molecule has 4 rings (SSSR count). The van der Waals surface area contributed by atoms with Gasteiger partial charge < -0.3 is 13.7 Å². The number of aryl methyl sites for hydroxylation is 1. The van der Waals surface area contributed by atoms with Crippen molar-refractivity contribution >= 4 is 38.6 Å². The number of oxazole rings is 1. The van der Waals surface area contributed by atoms with Crippen LogP contribution in [0.2, 0.25) is 0 Å². The quantitative estimate of drug-likeness (QED) is 0.503. The second kappa shape index (κ2) is 6.89. The van der Waals surface area contributed by atoms with E-state index in [0.29, 0.717) is 34.1 Å². The Balaban J connectivity index is 1.58. The third-order valence-electron chi connectivity index (χ3n) is 3.87. The number of ether oxygens (including phenoxy) is 1. The average Bonchev–Trinajstić information content (AvgIpc) is 3.26. The summed E-state index contributed by atoms with van der Waals surface area (Å²) in [7, 11) is -2.25. The smallest absolute Gasteiger partial charge is 0.301 e. The summed E-state index contributed by atoms with van der Waals surface area (Å²) in [6.07, 6.45) is 0. The lowest BCUT2D eigenvalue weighted by Gasteiger charge is -2.08. The predicted molar refractivity (Wildman–Crippen MR) is 102 cm³/mol. The van der Waals surface area contributed by atoms with Gasteiger partial charge in [-0.25, -0.2) is 8.42 Å². The molecule has 144 valence electrons. The zero-order valence-corrected chi connectivity index (χ0v) is 15.8. The van der Waals surface area contributed by atoms with Crippen molar-refractivity contribution in [1.29, 1.82) is 0 Å². The molecule has 0 atom stereocenters. The zero-order chi connectivity index (χ0) is 19.7. The molecule has 0 spiro atoms. The van der Waals surface area contributed by atoms with Crippen LogP contribution in [0, 0.1) is 6.92 Å². The highest BCUT2D eigenvalue weighted by Gasteiger charge is 2.17. The molecular weight excluding hydrogens is 384 g/mol. The Morgan fingerprint density at radius 3 is 2.54 bits per heavy atom. The summed E-state index contributed by atoms with van der Waals surface area (Å²) in [5.74, 6) is 1.71. The van der Waals surface area contributed by atoms with Crippen LogP contribution >= 0.6 is 0 Å². The summed E-state index contributed by atoms with van der Waals surface area (Å²) in [5, 5.41) is 6.66. The Kier molecular flexibility index (Phi) is 4.40. The highest BCUT2D eigenvalue weighted by atomic mass is 32.2. The van der Waals surface area contributed by atoms with Gasteiger partial charge in [-0.2, -0.15) is 4.98 Å². The molecule has 0 radical (unpaired) electrons. The number of hydrogen-bond acceptors (Lipinski definition) is 8. The minimum atomic E-state index is -3.79. The summed E-state index contributed by atoms with van der Waals surface area (Å²) in [4.78, 5) is 4.32. The third-order valence-corrected chi connectivity index (χ3v) is 5.25. The lowest BCUT2D eigenvalue weighted by molar-refractivity contribution is 0.400. The first kappa shape index (κ1) is 17.9. The molecule has 0 aliphatic carbocycles. The summed E-state index contributed by atoms with van der Waals surface area (Å²) in [5.41, 5.74) is 1.25. The number of methoxy groups -OCH3 is 1. The highest BCUT2D eigenvalue weighted by molar-refractivity contribution is 7.92. The number of fused-ring (bicyclic) bond motifs is 1. The Morgan fingerprint density at radius 1 is 1.07 bits per heavy atom. The molecule has 10 heteroatoms. The van der Waals surface area contributed by atoms with Crippen molar-refractivity contribution in [2.24, 2.45) is 0 Å². The van der Waals surface area contributed by atoms with E-state index in [1.165, 1.54) is 12.1 Å². The van der Waals surface area contributed by atoms with Crippen LogP contribution in [0.4, 0.5) is 17.5 Å². The van der Waals surface area contributed by atoms with Gasteiger partial charge in [0.15, 0.2) is 11.4 Å². The topological polar surface area (TPSA) is 119 Å². The van der Waals surface area contributed by atoms with Gasteiger partial charge in [-0.05, 0) is 49.4 Å². The maximum atomic E-state index is 12.7. The number of sulfonamides is 1. The molecule has 4 aromatic rings. The Hall–Kier alpha value is -3.53. The number of anilines is 3. The first-order valence-electron chi connectivity index (χ1n) is 8.21. The first-order valence-corrected chi connectivity index (χ1v) is 9.69. The van der Waals surface area contributed by atoms with Crippen LogP contribution in [-0.4, -0.2) is 25.7 Å². The molecule has 0 saturated carbocycles. The van der Waals surface area contributed by atoms with Crippen LogP contribution in [-0.2, 0) is 10.0 Å². The molecule has 0 fully saturated rings. The third kappa shape index (κ3) is 3.62. The number of rotatable bonds is 6. The molecule has 9 nitrogen and oxygen atoms in total. The van der Waals surface area contributed by atoms with E-state index in [9.17, 15) is 8.42 Å². The normalized spacial score (nSPS) is 11.5. The molecule has 2 aromatic heterocycles. The van der Waals surface area contributed by atoms with E-state index in [-0.39, 0.29) is 10.9 Å². The molecular formula is C18H16N4O5S. The van der Waals surface area contributed by atoms with E-state index < -0.39 is 10.0 Å². The molecule has 2 heterocycles. The van der Waals surface area contributed by atoms with Gasteiger partial charge in [0.1, 0.15) is 17.0 Å². The molecule has 2 N–H and O–H groups in total. The largest absolute Gasteiger partial charge is 0.497 e. The summed E-state index contributed by atoms with van der Waals surface area (Å²) in [6, 6.07) is 12.9. The first-order chi connectivity index (χ1) is 13.4. The lowest BCUT2D eigenvalue weighted by Crippen LogP contribution is -2.12. The second-order valence-electron chi connectivity index (χ2n) is 5.93. The van der Waals surface area contributed by atoms with Gasteiger partial charge in [0.25, 0.3) is 10.0 Å². The molecule has 0 amide bonds. The fraction of sp³-hybridized carbons (Fsp3) is 0.111. The second-order valence-corrected chi connectivity index (χ2v) is 7.61. The monoisotopic (exact) mass is 400 g/mol. The van der Waals surface area contributed by atoms with E-state index in [0.717, 1.165) is 0 Å². The van der Waals surface area contributed by atoms with Gasteiger partial charge in [-0.15, -0.1) is 0 Å². The number of nitrogens with zero attached hydrogens (tertiary/aromatic N) is 2. The molecule has 28 heavy (non-hydrogen) atoms. The minimum absolute atomic E-state index is 0.0629. The van der Waals surface area contributed by atoms with Crippen molar-refractivity contribution in [1.82, 2.24) is 10.1 Å². The maximum Gasteiger partial charge on any atom is 0.301 e. The van der Waals surface area contributed by atoms with E-state index in [1.807, 2.05) is 0 Å². The number of aromatic nitrogens is 2. The summed E-state index contributed by atoms with van der Waals surface area (Å²) in [6.45, 7) is 1.76. The number of benzene rings is 2. The van der Waals surface area contributed by atoms with Gasteiger partial charge in [0.2, 0.25) is 0 Å². The van der Waals surface area contributed by atoms with Crippen molar-refractivity contribution in [3.8, 4) is 5.75 Å². The number of nitrogens with one attached hydrogen (secondary N) is 2. The Morgan fingerprint density at radius 2 is 1.86 bits per heavy atom. The molecule has 2 aromatic carbocycles. The van der Waals surface area contributed by atoms with Crippen LogP contribution < -0.4 is 14.8 Å². The van der Waals surface area contributed by atoms with Gasteiger partial charge in [-0.3, -0.25) is 10.0 Å². The standard InChI is InChI=1S/C18H16N4O5S/c1-11-9-17(21-27-11)20-18-19-15-10-14(7-8-16(15)26-18)28(23,24)22-12-3-5-13(25-2)6-4-12/h3-10,22H,1-2H3,(H,19,20,21). The summed E-state index contributed by atoms with van der Waals surface area (Å²) >= 11 is 0.